The van der Waals surface area contributed by atoms with Crippen molar-refractivity contribution in [1.82, 2.24) is 15.5 Å². The predicted octanol–water partition coefficient (Wildman–Crippen LogP) is 2.28. The van der Waals surface area contributed by atoms with Crippen LogP contribution in [0.4, 0.5) is 0 Å². The van der Waals surface area contributed by atoms with Crippen LogP contribution in [0, 0.1) is 5.92 Å². The Morgan fingerprint density at radius 3 is 2.96 bits per heavy atom. The second-order valence-electron chi connectivity index (χ2n) is 6.45. The van der Waals surface area contributed by atoms with Crippen molar-refractivity contribution in [2.24, 2.45) is 5.92 Å². The summed E-state index contributed by atoms with van der Waals surface area (Å²) < 4.78 is 5.28. The maximum atomic E-state index is 12.4. The van der Waals surface area contributed by atoms with E-state index in [4.69, 9.17) is 9.63 Å². The highest BCUT2D eigenvalue weighted by Crippen LogP contribution is 2.39. The van der Waals surface area contributed by atoms with Crippen molar-refractivity contribution < 1.29 is 14.4 Å². The zero-order chi connectivity index (χ0) is 16.5. The van der Waals surface area contributed by atoms with E-state index in [9.17, 15) is 4.79 Å². The minimum absolute atomic E-state index is 0.0371. The van der Waals surface area contributed by atoms with Crippen LogP contribution in [0.15, 0.2) is 40.9 Å². The van der Waals surface area contributed by atoms with Gasteiger partial charge in [-0.25, -0.2) is 0 Å². The van der Waals surface area contributed by atoms with Gasteiger partial charge in [0.1, 0.15) is 0 Å². The average Bonchev–Trinajstić information content (AvgIpc) is 3.17. The molecule has 0 aliphatic heterocycles. The normalized spacial score (nSPS) is 22.7. The van der Waals surface area contributed by atoms with Crippen molar-refractivity contribution in [2.45, 2.75) is 31.2 Å². The number of carbonyl (C=O) groups is 1. The SMILES string of the molecule is O=C(N[C@@H]1C=C[C@H](CO)C1)c1cccc(-c2noc(C3CC3)n2)c1. The molecule has 1 saturated carbocycles. The van der Waals surface area contributed by atoms with Crippen LogP contribution in [-0.2, 0) is 0 Å². The third-order valence-electron chi connectivity index (χ3n) is 4.47. The summed E-state index contributed by atoms with van der Waals surface area (Å²) in [6.45, 7) is 0.111. The van der Waals surface area contributed by atoms with Gasteiger partial charge in [0.25, 0.3) is 5.91 Å². The summed E-state index contributed by atoms with van der Waals surface area (Å²) >= 11 is 0. The number of hydrogen-bond donors (Lipinski definition) is 2. The number of hydrogen-bond acceptors (Lipinski definition) is 5. The first-order chi connectivity index (χ1) is 11.7. The van der Waals surface area contributed by atoms with E-state index < -0.39 is 0 Å². The second-order valence-corrected chi connectivity index (χ2v) is 6.45. The van der Waals surface area contributed by atoms with E-state index in [2.05, 4.69) is 15.5 Å². The van der Waals surface area contributed by atoms with Crippen molar-refractivity contribution in [2.75, 3.05) is 6.61 Å². The van der Waals surface area contributed by atoms with Crippen LogP contribution >= 0.6 is 0 Å². The highest BCUT2D eigenvalue weighted by atomic mass is 16.5. The van der Waals surface area contributed by atoms with Gasteiger partial charge in [0.2, 0.25) is 11.7 Å². The van der Waals surface area contributed by atoms with Crippen LogP contribution in [0.3, 0.4) is 0 Å². The number of aliphatic hydroxyl groups is 1. The first-order valence-electron chi connectivity index (χ1n) is 8.27. The Hall–Kier alpha value is -2.47. The van der Waals surface area contributed by atoms with Crippen LogP contribution in [-0.4, -0.2) is 33.8 Å². The minimum atomic E-state index is -0.143. The molecule has 2 aromatic rings. The highest BCUT2D eigenvalue weighted by Gasteiger charge is 2.29. The first-order valence-corrected chi connectivity index (χ1v) is 8.27. The molecule has 4 rings (SSSR count). The predicted molar refractivity (Wildman–Crippen MR) is 87.3 cm³/mol. The van der Waals surface area contributed by atoms with E-state index in [0.717, 1.165) is 24.8 Å². The molecule has 2 N–H and O–H groups in total. The van der Waals surface area contributed by atoms with Crippen molar-refractivity contribution >= 4 is 5.91 Å². The molecule has 0 radical (unpaired) electrons. The summed E-state index contributed by atoms with van der Waals surface area (Å²) in [5.41, 5.74) is 1.33. The fourth-order valence-electron chi connectivity index (χ4n) is 2.92. The fourth-order valence-corrected chi connectivity index (χ4v) is 2.92. The molecule has 124 valence electrons. The molecule has 6 heteroatoms. The molecule has 0 bridgehead atoms. The summed E-state index contributed by atoms with van der Waals surface area (Å²) in [6.07, 6.45) is 6.82. The smallest absolute Gasteiger partial charge is 0.251 e. The number of nitrogens with one attached hydrogen (secondary N) is 1. The standard InChI is InChI=1S/C18H19N3O3/c22-10-11-4-7-15(8-11)19-17(23)14-3-1-2-13(9-14)16-20-18(24-21-16)12-5-6-12/h1-4,7,9,11-12,15,22H,5-6,8,10H2,(H,19,23)/t11-,15+/m0/s1. The number of carbonyl (C=O) groups excluding carboxylic acids is 1. The topological polar surface area (TPSA) is 88.2 Å². The molecular weight excluding hydrogens is 306 g/mol. The van der Waals surface area contributed by atoms with Gasteiger partial charge in [-0.15, -0.1) is 0 Å². The van der Waals surface area contributed by atoms with Gasteiger partial charge in [-0.2, -0.15) is 4.98 Å². The third kappa shape index (κ3) is 3.10. The molecule has 1 aromatic heterocycles. The second kappa shape index (κ2) is 6.20. The molecule has 2 aliphatic rings. The number of nitrogens with zero attached hydrogens (tertiary/aromatic N) is 2. The quantitative estimate of drug-likeness (QED) is 0.823. The summed E-state index contributed by atoms with van der Waals surface area (Å²) in [6, 6.07) is 7.20. The van der Waals surface area contributed by atoms with Crippen LogP contribution in [0.25, 0.3) is 11.4 Å². The molecule has 2 aliphatic carbocycles. The number of aromatic nitrogens is 2. The number of benzene rings is 1. The van der Waals surface area contributed by atoms with Crippen LogP contribution in [0.2, 0.25) is 0 Å². The molecule has 1 heterocycles. The lowest BCUT2D eigenvalue weighted by Crippen LogP contribution is -2.32. The maximum absolute atomic E-state index is 12.4. The van der Waals surface area contributed by atoms with Gasteiger partial charge in [0, 0.05) is 35.6 Å². The average molecular weight is 325 g/mol. The molecule has 1 aromatic carbocycles. The van der Waals surface area contributed by atoms with Crippen LogP contribution in [0.1, 0.15) is 41.4 Å². The molecule has 6 nitrogen and oxygen atoms in total. The summed E-state index contributed by atoms with van der Waals surface area (Å²) in [5, 5.41) is 16.1. The Morgan fingerprint density at radius 2 is 2.21 bits per heavy atom. The van der Waals surface area contributed by atoms with Crippen LogP contribution in [0.5, 0.6) is 0 Å². The van der Waals surface area contributed by atoms with E-state index in [1.807, 2.05) is 24.3 Å². The zero-order valence-corrected chi connectivity index (χ0v) is 13.2. The van der Waals surface area contributed by atoms with E-state index in [0.29, 0.717) is 23.2 Å². The van der Waals surface area contributed by atoms with Gasteiger partial charge in [-0.05, 0) is 31.4 Å². The highest BCUT2D eigenvalue weighted by molar-refractivity contribution is 5.95. The van der Waals surface area contributed by atoms with Gasteiger partial charge < -0.3 is 14.9 Å². The third-order valence-corrected chi connectivity index (χ3v) is 4.47. The van der Waals surface area contributed by atoms with E-state index in [1.54, 1.807) is 12.1 Å². The molecule has 0 spiro atoms. The first kappa shape index (κ1) is 15.1. The molecular formula is C18H19N3O3. The maximum Gasteiger partial charge on any atom is 0.251 e. The largest absolute Gasteiger partial charge is 0.396 e. The van der Waals surface area contributed by atoms with E-state index >= 15 is 0 Å². The number of rotatable bonds is 5. The van der Waals surface area contributed by atoms with Gasteiger partial charge >= 0.3 is 0 Å². The Bertz CT molecular complexity index is 779. The zero-order valence-electron chi connectivity index (χ0n) is 13.2. The lowest BCUT2D eigenvalue weighted by Gasteiger charge is -2.13. The van der Waals surface area contributed by atoms with E-state index in [1.165, 1.54) is 0 Å². The van der Waals surface area contributed by atoms with Crippen molar-refractivity contribution in [3.8, 4) is 11.4 Å². The lowest BCUT2D eigenvalue weighted by atomic mass is 10.1. The Morgan fingerprint density at radius 1 is 1.33 bits per heavy atom. The van der Waals surface area contributed by atoms with Crippen molar-refractivity contribution in [3.05, 3.63) is 47.9 Å². The Balaban J connectivity index is 1.47. The molecule has 0 saturated heterocycles. The van der Waals surface area contributed by atoms with Gasteiger partial charge in [0.15, 0.2) is 0 Å². The number of aliphatic hydroxyl groups excluding tert-OH is 1. The molecule has 1 amide bonds. The molecule has 1 fully saturated rings. The van der Waals surface area contributed by atoms with Gasteiger partial charge in [-0.1, -0.05) is 29.4 Å². The Kier molecular flexibility index (Phi) is 3.90. The molecule has 2 atom stereocenters. The summed E-state index contributed by atoms with van der Waals surface area (Å²) in [7, 11) is 0. The Labute approximate surface area is 139 Å². The van der Waals surface area contributed by atoms with Crippen LogP contribution < -0.4 is 5.32 Å². The molecule has 24 heavy (non-hydrogen) atoms. The lowest BCUT2D eigenvalue weighted by molar-refractivity contribution is 0.0941. The van der Waals surface area contributed by atoms with E-state index in [-0.39, 0.29) is 24.5 Å². The molecule has 0 unspecified atom stereocenters. The van der Waals surface area contributed by atoms with Gasteiger partial charge in [-0.3, -0.25) is 4.79 Å². The van der Waals surface area contributed by atoms with Gasteiger partial charge in [0.05, 0.1) is 0 Å². The number of amides is 1. The summed E-state index contributed by atoms with van der Waals surface area (Å²) in [5.74, 6) is 1.60. The monoisotopic (exact) mass is 325 g/mol. The van der Waals surface area contributed by atoms with Crippen molar-refractivity contribution in [1.29, 1.82) is 0 Å². The van der Waals surface area contributed by atoms with Crippen molar-refractivity contribution in [3.63, 3.8) is 0 Å². The summed E-state index contributed by atoms with van der Waals surface area (Å²) in [4.78, 5) is 16.8. The fraction of sp³-hybridized carbons (Fsp3) is 0.389. The minimum Gasteiger partial charge on any atom is -0.396 e.